The summed E-state index contributed by atoms with van der Waals surface area (Å²) < 4.78 is 4.92. The summed E-state index contributed by atoms with van der Waals surface area (Å²) in [5, 5.41) is 23.0. The minimum atomic E-state index is -1.07. The highest BCUT2D eigenvalue weighted by Crippen LogP contribution is 2.17. The molecule has 14 heteroatoms. The van der Waals surface area contributed by atoms with Crippen LogP contribution in [0.3, 0.4) is 0 Å². The van der Waals surface area contributed by atoms with Crippen molar-refractivity contribution >= 4 is 42.3 Å². The van der Waals surface area contributed by atoms with E-state index in [0.29, 0.717) is 18.5 Å². The molecule has 2 atom stereocenters. The molecule has 238 valence electrons. The fourth-order valence-electron chi connectivity index (χ4n) is 3.85. The molecule has 1 rings (SSSR count). The Bertz CT molecular complexity index is 1120. The number of carbonyl (C=O) groups excluding carboxylic acids is 5. The van der Waals surface area contributed by atoms with Crippen LogP contribution in [-0.4, -0.2) is 99.0 Å². The van der Waals surface area contributed by atoms with E-state index in [4.69, 9.17) is 4.74 Å². The van der Waals surface area contributed by atoms with Crippen molar-refractivity contribution in [1.29, 1.82) is 0 Å². The molecule has 0 aliphatic heterocycles. The van der Waals surface area contributed by atoms with Gasteiger partial charge < -0.3 is 41.3 Å². The molecule has 0 aromatic heterocycles. The van der Waals surface area contributed by atoms with Crippen molar-refractivity contribution in [3.63, 3.8) is 0 Å². The van der Waals surface area contributed by atoms with E-state index in [1.807, 2.05) is 19.0 Å². The summed E-state index contributed by atoms with van der Waals surface area (Å²) in [6.07, 6.45) is 1.72. The predicted octanol–water partition coefficient (Wildman–Crippen LogP) is 1.41. The van der Waals surface area contributed by atoms with Crippen LogP contribution in [0.25, 0.3) is 0 Å². The van der Waals surface area contributed by atoms with Gasteiger partial charge in [0.05, 0.1) is 6.61 Å². The van der Waals surface area contributed by atoms with Gasteiger partial charge in [0.15, 0.2) is 0 Å². The number of urea groups is 1. The van der Waals surface area contributed by atoms with Crippen LogP contribution in [-0.2, 0) is 20.9 Å². The lowest BCUT2D eigenvalue weighted by molar-refractivity contribution is -0.128. The number of aliphatic imine (C=N–C) groups is 1. The third kappa shape index (κ3) is 13.9. The highest BCUT2D eigenvalue weighted by atomic mass is 16.5. The summed E-state index contributed by atoms with van der Waals surface area (Å²) in [6.45, 7) is 11.0. The van der Waals surface area contributed by atoms with E-state index < -0.39 is 41.9 Å². The van der Waals surface area contributed by atoms with Gasteiger partial charge in [0.1, 0.15) is 18.7 Å². The molecule has 6 amide bonds. The summed E-state index contributed by atoms with van der Waals surface area (Å²) in [6, 6.07) is 1.81. The zero-order chi connectivity index (χ0) is 32.4. The van der Waals surface area contributed by atoms with Crippen molar-refractivity contribution in [3.8, 4) is 0 Å². The predicted molar refractivity (Wildman–Crippen MR) is 164 cm³/mol. The van der Waals surface area contributed by atoms with Gasteiger partial charge in [-0.25, -0.2) is 14.6 Å². The van der Waals surface area contributed by atoms with Crippen LogP contribution >= 0.6 is 0 Å². The average Bonchev–Trinajstić information content (AvgIpc) is 2.97. The highest BCUT2D eigenvalue weighted by molar-refractivity contribution is 6.01. The Morgan fingerprint density at radius 1 is 1.05 bits per heavy atom. The van der Waals surface area contributed by atoms with Gasteiger partial charge in [-0.2, -0.15) is 0 Å². The van der Waals surface area contributed by atoms with Crippen LogP contribution in [0.15, 0.2) is 35.8 Å². The maximum Gasteiger partial charge on any atom is 0.408 e. The van der Waals surface area contributed by atoms with Crippen molar-refractivity contribution in [1.82, 2.24) is 26.2 Å². The zero-order valence-electron chi connectivity index (χ0n) is 25.4. The van der Waals surface area contributed by atoms with Gasteiger partial charge in [-0.1, -0.05) is 32.6 Å². The van der Waals surface area contributed by atoms with Crippen LogP contribution in [0.4, 0.5) is 15.3 Å². The second kappa shape index (κ2) is 19.8. The Balaban J connectivity index is 3.10. The largest absolute Gasteiger partial charge is 0.445 e. The molecule has 0 saturated carbocycles. The van der Waals surface area contributed by atoms with E-state index in [-0.39, 0.29) is 43.3 Å². The van der Waals surface area contributed by atoms with E-state index in [0.717, 1.165) is 13.0 Å². The number of alkyl carbamates (subject to hydrolysis) is 1. The SMILES string of the molecule is C=CCOC(=O)N[C@H](C(=O)NC(CCCNC(=O)N=C)C(=O)Nc1ccc(CO)c(C(=O)NCCCN(C)C)c1)C(C)C. The number of carbonyl (C=O) groups is 5. The second-order valence-corrected chi connectivity index (χ2v) is 10.3. The lowest BCUT2D eigenvalue weighted by Gasteiger charge is -2.25. The van der Waals surface area contributed by atoms with Crippen LogP contribution in [0, 0.1) is 5.92 Å². The number of aliphatic hydroxyl groups is 1. The molecule has 0 heterocycles. The van der Waals surface area contributed by atoms with Gasteiger partial charge >= 0.3 is 12.1 Å². The van der Waals surface area contributed by atoms with Crippen molar-refractivity contribution in [2.75, 3.05) is 45.7 Å². The van der Waals surface area contributed by atoms with Crippen molar-refractivity contribution < 1.29 is 33.8 Å². The summed E-state index contributed by atoms with van der Waals surface area (Å²) in [7, 11) is 3.86. The van der Waals surface area contributed by atoms with Gasteiger partial charge in [0, 0.05) is 24.3 Å². The Hall–Kier alpha value is -4.30. The first kappa shape index (κ1) is 36.7. The molecule has 6 N–H and O–H groups in total. The minimum Gasteiger partial charge on any atom is -0.445 e. The number of nitrogens with zero attached hydrogens (tertiary/aromatic N) is 2. The normalized spacial score (nSPS) is 12.1. The van der Waals surface area contributed by atoms with Gasteiger partial charge in [0.25, 0.3) is 5.91 Å². The molecule has 1 unspecified atom stereocenters. The molecule has 0 aliphatic carbocycles. The summed E-state index contributed by atoms with van der Waals surface area (Å²) in [5.74, 6) is -1.95. The molecule has 0 fully saturated rings. The van der Waals surface area contributed by atoms with E-state index in [1.54, 1.807) is 13.8 Å². The van der Waals surface area contributed by atoms with Crippen LogP contribution in [0.5, 0.6) is 0 Å². The van der Waals surface area contributed by atoms with Crippen molar-refractivity contribution in [3.05, 3.63) is 42.0 Å². The molecule has 0 bridgehead atoms. The van der Waals surface area contributed by atoms with Crippen LogP contribution in [0.2, 0.25) is 0 Å². The zero-order valence-corrected chi connectivity index (χ0v) is 25.4. The maximum atomic E-state index is 13.4. The Morgan fingerprint density at radius 2 is 1.74 bits per heavy atom. The summed E-state index contributed by atoms with van der Waals surface area (Å²) in [4.78, 5) is 68.1. The monoisotopic (exact) mass is 603 g/mol. The number of anilines is 1. The third-order valence-electron chi connectivity index (χ3n) is 6.14. The van der Waals surface area contributed by atoms with Gasteiger partial charge in [0.2, 0.25) is 11.8 Å². The Labute approximate surface area is 252 Å². The Kier molecular flexibility index (Phi) is 16.9. The number of hydrogen-bond donors (Lipinski definition) is 6. The number of ether oxygens (including phenoxy) is 1. The number of aliphatic hydroxyl groups excluding tert-OH is 1. The Morgan fingerprint density at radius 3 is 2.35 bits per heavy atom. The highest BCUT2D eigenvalue weighted by Gasteiger charge is 2.29. The quantitative estimate of drug-likeness (QED) is 0.0824. The standard InChI is InChI=1S/C29H45N7O7/c1-7-16-43-29(42)35-24(19(2)3)27(40)34-23(10-8-13-32-28(41)30-4)26(39)33-21-12-11-20(18-37)22(17-21)25(38)31-14-9-15-36(5)6/h7,11-12,17,19,23-24,37H,1,4,8-10,13-16,18H2,2-3,5-6H3,(H,31,38)(H,32,41)(H,33,39)(H,34,40)(H,35,42)/t23?,24-/m0/s1. The van der Waals surface area contributed by atoms with Crippen molar-refractivity contribution in [2.24, 2.45) is 10.9 Å². The van der Waals surface area contributed by atoms with Gasteiger partial charge in [-0.05, 0) is 70.2 Å². The molecule has 14 nitrogen and oxygen atoms in total. The number of amides is 6. The van der Waals surface area contributed by atoms with E-state index in [2.05, 4.69) is 44.9 Å². The lowest BCUT2D eigenvalue weighted by Crippen LogP contribution is -2.54. The number of benzene rings is 1. The molecular weight excluding hydrogens is 558 g/mol. The minimum absolute atomic E-state index is 0.0419. The second-order valence-electron chi connectivity index (χ2n) is 10.3. The molecule has 0 aliphatic rings. The number of nitrogens with one attached hydrogen (secondary N) is 5. The lowest BCUT2D eigenvalue weighted by atomic mass is 10.0. The summed E-state index contributed by atoms with van der Waals surface area (Å²) >= 11 is 0. The fraction of sp³-hybridized carbons (Fsp3) is 0.517. The maximum absolute atomic E-state index is 13.4. The molecule has 1 aromatic carbocycles. The first-order valence-electron chi connectivity index (χ1n) is 14.0. The van der Waals surface area contributed by atoms with Gasteiger partial charge in [-0.3, -0.25) is 14.4 Å². The van der Waals surface area contributed by atoms with E-state index >= 15 is 0 Å². The number of rotatable bonds is 18. The average molecular weight is 604 g/mol. The number of hydrogen-bond acceptors (Lipinski definition) is 8. The van der Waals surface area contributed by atoms with E-state index in [1.165, 1.54) is 24.3 Å². The molecule has 0 saturated heterocycles. The molecule has 43 heavy (non-hydrogen) atoms. The first-order chi connectivity index (χ1) is 20.4. The van der Waals surface area contributed by atoms with Crippen LogP contribution < -0.4 is 26.6 Å². The van der Waals surface area contributed by atoms with Crippen LogP contribution in [0.1, 0.15) is 49.0 Å². The van der Waals surface area contributed by atoms with Gasteiger partial charge in [-0.15, -0.1) is 0 Å². The fourth-order valence-corrected chi connectivity index (χ4v) is 3.85. The first-order valence-corrected chi connectivity index (χ1v) is 14.0. The topological polar surface area (TPSA) is 191 Å². The third-order valence-corrected chi connectivity index (χ3v) is 6.14. The van der Waals surface area contributed by atoms with Crippen molar-refractivity contribution in [2.45, 2.75) is 51.8 Å². The molecule has 0 spiro atoms. The van der Waals surface area contributed by atoms with E-state index in [9.17, 15) is 29.1 Å². The molecular formula is C29H45N7O7. The summed E-state index contributed by atoms with van der Waals surface area (Å²) in [5.41, 5.74) is 0.858. The molecule has 1 aromatic rings. The molecule has 0 radical (unpaired) electrons. The smallest absolute Gasteiger partial charge is 0.408 e.